The Hall–Kier alpha value is -0.0400. The molecule has 0 aromatic carbocycles. The molecule has 1 saturated carbocycles. The van der Waals surface area contributed by atoms with Crippen LogP contribution in [0.1, 0.15) is 52.9 Å². The Morgan fingerprint density at radius 2 is 2.17 bits per heavy atom. The largest absolute Gasteiger partial charge is 0.390 e. The van der Waals surface area contributed by atoms with Crippen molar-refractivity contribution in [1.82, 2.24) is 0 Å². The molecule has 72 valence electrons. The van der Waals surface area contributed by atoms with Crippen LogP contribution in [0.4, 0.5) is 0 Å². The van der Waals surface area contributed by atoms with Crippen LogP contribution in [0.2, 0.25) is 0 Å². The van der Waals surface area contributed by atoms with Crippen molar-refractivity contribution < 1.29 is 5.11 Å². The number of hydrogen-bond donors (Lipinski definition) is 1. The summed E-state index contributed by atoms with van der Waals surface area (Å²) in [7, 11) is 0. The van der Waals surface area contributed by atoms with Crippen LogP contribution in [0.5, 0.6) is 0 Å². The van der Waals surface area contributed by atoms with Crippen LogP contribution in [-0.4, -0.2) is 10.7 Å². The molecule has 1 aliphatic rings. The van der Waals surface area contributed by atoms with Gasteiger partial charge in [-0.05, 0) is 31.1 Å². The molecule has 0 heterocycles. The van der Waals surface area contributed by atoms with E-state index < -0.39 is 0 Å². The molecule has 0 aliphatic heterocycles. The van der Waals surface area contributed by atoms with E-state index in [1.807, 2.05) is 0 Å². The molecule has 0 amide bonds. The maximum atomic E-state index is 10.2. The average molecular weight is 170 g/mol. The number of hydrogen-bond acceptors (Lipinski definition) is 1. The van der Waals surface area contributed by atoms with Crippen molar-refractivity contribution in [3.8, 4) is 0 Å². The lowest BCUT2D eigenvalue weighted by Gasteiger charge is -2.36. The van der Waals surface area contributed by atoms with Gasteiger partial charge in [0.05, 0.1) is 5.60 Å². The van der Waals surface area contributed by atoms with Crippen LogP contribution in [0, 0.1) is 11.8 Å². The SMILES string of the molecule is CC(C)CC1(O)CCC[C@H](C)C1. The molecular formula is C11H22O. The first kappa shape index (κ1) is 10.0. The lowest BCUT2D eigenvalue weighted by atomic mass is 9.75. The molecule has 1 unspecified atom stereocenters. The standard InChI is InChI=1S/C11H22O/c1-9(2)7-11(12)6-4-5-10(3)8-11/h9-10,12H,4-8H2,1-3H3/t10-,11?/m0/s1. The van der Waals surface area contributed by atoms with Crippen molar-refractivity contribution in [3.05, 3.63) is 0 Å². The molecule has 0 saturated heterocycles. The summed E-state index contributed by atoms with van der Waals surface area (Å²) in [5.74, 6) is 1.35. The van der Waals surface area contributed by atoms with E-state index >= 15 is 0 Å². The van der Waals surface area contributed by atoms with Crippen LogP contribution in [0.3, 0.4) is 0 Å². The zero-order chi connectivity index (χ0) is 9.19. The second kappa shape index (κ2) is 3.78. The van der Waals surface area contributed by atoms with E-state index in [1.165, 1.54) is 12.8 Å². The highest BCUT2D eigenvalue weighted by Crippen LogP contribution is 2.36. The Labute approximate surface area is 76.2 Å². The maximum absolute atomic E-state index is 10.2. The molecule has 0 radical (unpaired) electrons. The summed E-state index contributed by atoms with van der Waals surface area (Å²) in [6.45, 7) is 6.64. The van der Waals surface area contributed by atoms with Crippen LogP contribution in [0.25, 0.3) is 0 Å². The van der Waals surface area contributed by atoms with Gasteiger partial charge in [0.15, 0.2) is 0 Å². The Morgan fingerprint density at radius 3 is 2.67 bits per heavy atom. The van der Waals surface area contributed by atoms with Crippen molar-refractivity contribution in [1.29, 1.82) is 0 Å². The molecule has 1 fully saturated rings. The van der Waals surface area contributed by atoms with E-state index in [-0.39, 0.29) is 5.60 Å². The Kier molecular flexibility index (Phi) is 3.16. The summed E-state index contributed by atoms with van der Waals surface area (Å²) >= 11 is 0. The van der Waals surface area contributed by atoms with Crippen molar-refractivity contribution in [3.63, 3.8) is 0 Å². The predicted molar refractivity (Wildman–Crippen MR) is 52.0 cm³/mol. The highest BCUT2D eigenvalue weighted by Gasteiger charge is 2.32. The van der Waals surface area contributed by atoms with Gasteiger partial charge in [-0.3, -0.25) is 0 Å². The molecule has 2 atom stereocenters. The Balaban J connectivity index is 2.45. The first-order valence-corrected chi connectivity index (χ1v) is 5.24. The molecule has 0 aromatic heterocycles. The maximum Gasteiger partial charge on any atom is 0.0652 e. The molecule has 12 heavy (non-hydrogen) atoms. The molecule has 1 heteroatoms. The highest BCUT2D eigenvalue weighted by molar-refractivity contribution is 4.85. The lowest BCUT2D eigenvalue weighted by Crippen LogP contribution is -2.35. The molecule has 0 bridgehead atoms. The second-order valence-electron chi connectivity index (χ2n) is 5.02. The van der Waals surface area contributed by atoms with Gasteiger partial charge in [-0.15, -0.1) is 0 Å². The summed E-state index contributed by atoms with van der Waals surface area (Å²) in [4.78, 5) is 0. The lowest BCUT2D eigenvalue weighted by molar-refractivity contribution is -0.0293. The van der Waals surface area contributed by atoms with E-state index in [4.69, 9.17) is 0 Å². The first-order valence-electron chi connectivity index (χ1n) is 5.24. The predicted octanol–water partition coefficient (Wildman–Crippen LogP) is 2.97. The fourth-order valence-corrected chi connectivity index (χ4v) is 2.58. The van der Waals surface area contributed by atoms with Crippen molar-refractivity contribution in [2.24, 2.45) is 11.8 Å². The normalized spacial score (nSPS) is 37.2. The first-order chi connectivity index (χ1) is 5.52. The Morgan fingerprint density at radius 1 is 1.50 bits per heavy atom. The van der Waals surface area contributed by atoms with Gasteiger partial charge in [-0.2, -0.15) is 0 Å². The van der Waals surface area contributed by atoms with Gasteiger partial charge in [0.1, 0.15) is 0 Å². The number of rotatable bonds is 2. The monoisotopic (exact) mass is 170 g/mol. The third-order valence-corrected chi connectivity index (χ3v) is 2.86. The highest BCUT2D eigenvalue weighted by atomic mass is 16.3. The topological polar surface area (TPSA) is 20.2 Å². The molecular weight excluding hydrogens is 148 g/mol. The zero-order valence-electron chi connectivity index (χ0n) is 8.64. The smallest absolute Gasteiger partial charge is 0.0652 e. The second-order valence-corrected chi connectivity index (χ2v) is 5.02. The summed E-state index contributed by atoms with van der Waals surface area (Å²) in [5.41, 5.74) is -0.328. The van der Waals surface area contributed by atoms with Gasteiger partial charge in [0.2, 0.25) is 0 Å². The van der Waals surface area contributed by atoms with E-state index in [9.17, 15) is 5.11 Å². The summed E-state index contributed by atoms with van der Waals surface area (Å²) in [6, 6.07) is 0. The fraction of sp³-hybridized carbons (Fsp3) is 1.00. The van der Waals surface area contributed by atoms with Crippen LogP contribution < -0.4 is 0 Å². The zero-order valence-corrected chi connectivity index (χ0v) is 8.64. The van der Waals surface area contributed by atoms with Crippen LogP contribution in [0.15, 0.2) is 0 Å². The van der Waals surface area contributed by atoms with Crippen LogP contribution >= 0.6 is 0 Å². The van der Waals surface area contributed by atoms with Gasteiger partial charge in [0.25, 0.3) is 0 Å². The summed E-state index contributed by atoms with van der Waals surface area (Å²) in [6.07, 6.45) is 5.54. The number of aliphatic hydroxyl groups is 1. The molecule has 1 rings (SSSR count). The molecule has 1 nitrogen and oxygen atoms in total. The summed E-state index contributed by atoms with van der Waals surface area (Å²) in [5, 5.41) is 10.2. The molecule has 0 spiro atoms. The minimum Gasteiger partial charge on any atom is -0.390 e. The van der Waals surface area contributed by atoms with Crippen molar-refractivity contribution in [2.75, 3.05) is 0 Å². The van der Waals surface area contributed by atoms with Gasteiger partial charge in [-0.25, -0.2) is 0 Å². The van der Waals surface area contributed by atoms with Gasteiger partial charge >= 0.3 is 0 Å². The van der Waals surface area contributed by atoms with E-state index in [0.29, 0.717) is 5.92 Å². The molecule has 1 N–H and O–H groups in total. The van der Waals surface area contributed by atoms with Crippen molar-refractivity contribution in [2.45, 2.75) is 58.5 Å². The minimum atomic E-state index is -0.328. The average Bonchev–Trinajstić information content (AvgIpc) is 1.82. The third-order valence-electron chi connectivity index (χ3n) is 2.86. The molecule has 0 aromatic rings. The molecule has 1 aliphatic carbocycles. The van der Waals surface area contributed by atoms with Crippen LogP contribution in [-0.2, 0) is 0 Å². The van der Waals surface area contributed by atoms with Gasteiger partial charge in [-0.1, -0.05) is 33.6 Å². The summed E-state index contributed by atoms with van der Waals surface area (Å²) < 4.78 is 0. The van der Waals surface area contributed by atoms with E-state index in [1.54, 1.807) is 0 Å². The van der Waals surface area contributed by atoms with Gasteiger partial charge < -0.3 is 5.11 Å². The Bertz CT molecular complexity index is 138. The fourth-order valence-electron chi connectivity index (χ4n) is 2.58. The quantitative estimate of drug-likeness (QED) is 0.675. The van der Waals surface area contributed by atoms with Gasteiger partial charge in [0, 0.05) is 0 Å². The van der Waals surface area contributed by atoms with E-state index in [2.05, 4.69) is 20.8 Å². The van der Waals surface area contributed by atoms with Crippen molar-refractivity contribution >= 4 is 0 Å². The minimum absolute atomic E-state index is 0.328. The van der Waals surface area contributed by atoms with E-state index in [0.717, 1.165) is 25.2 Å². The third kappa shape index (κ3) is 2.78.